The largest absolute Gasteiger partial charge is 0.475 e. The molecular weight excluding hydrogens is 285 g/mol. The molecule has 0 radical (unpaired) electrons. The van der Waals surface area contributed by atoms with Crippen LogP contribution in [0.25, 0.3) is 0 Å². The monoisotopic (exact) mass is 305 g/mol. The van der Waals surface area contributed by atoms with Gasteiger partial charge in [0.15, 0.2) is 0 Å². The van der Waals surface area contributed by atoms with E-state index in [1.165, 1.54) is 12.1 Å². The Morgan fingerprint density at radius 2 is 1.91 bits per heavy atom. The highest BCUT2D eigenvalue weighted by Gasteiger charge is 2.03. The topological polar surface area (TPSA) is 56.3 Å². The summed E-state index contributed by atoms with van der Waals surface area (Å²) in [6, 6.07) is 8.24. The third kappa shape index (κ3) is 5.29. The van der Waals surface area contributed by atoms with Gasteiger partial charge in [-0.25, -0.2) is 9.37 Å². The number of nitrogens with zero attached hydrogens (tertiary/aromatic N) is 2. The van der Waals surface area contributed by atoms with E-state index in [9.17, 15) is 4.39 Å². The van der Waals surface area contributed by atoms with Crippen LogP contribution in [0.15, 0.2) is 30.3 Å². The number of aromatic nitrogens is 2. The Labute approximate surface area is 129 Å². The minimum atomic E-state index is -0.221. The van der Waals surface area contributed by atoms with Gasteiger partial charge in [0.1, 0.15) is 24.1 Å². The van der Waals surface area contributed by atoms with E-state index in [-0.39, 0.29) is 5.82 Å². The van der Waals surface area contributed by atoms with Gasteiger partial charge in [-0.05, 0) is 31.0 Å². The van der Waals surface area contributed by atoms with Gasteiger partial charge >= 0.3 is 0 Å². The molecule has 0 unspecified atom stereocenters. The first-order valence-electron chi connectivity index (χ1n) is 7.13. The van der Waals surface area contributed by atoms with Gasteiger partial charge in [0.2, 0.25) is 5.88 Å². The molecule has 22 heavy (non-hydrogen) atoms. The van der Waals surface area contributed by atoms with Crippen LogP contribution in [-0.2, 0) is 11.2 Å². The number of ether oxygens (including phenoxy) is 2. The molecule has 0 saturated carbocycles. The molecule has 118 valence electrons. The summed E-state index contributed by atoms with van der Waals surface area (Å²) in [5.74, 6) is 1.65. The zero-order valence-electron chi connectivity index (χ0n) is 12.8. The number of hydrogen-bond donors (Lipinski definition) is 1. The van der Waals surface area contributed by atoms with Crippen LogP contribution < -0.4 is 10.1 Å². The first-order valence-corrected chi connectivity index (χ1v) is 7.13. The number of nitrogens with one attached hydrogen (secondary N) is 1. The molecule has 1 aromatic heterocycles. The molecule has 0 fully saturated rings. The maximum Gasteiger partial charge on any atom is 0.218 e. The molecule has 6 heteroatoms. The molecule has 0 atom stereocenters. The fourth-order valence-corrected chi connectivity index (χ4v) is 1.92. The van der Waals surface area contributed by atoms with Crippen LogP contribution in [0.1, 0.15) is 11.4 Å². The highest BCUT2D eigenvalue weighted by molar-refractivity contribution is 5.38. The number of rotatable bonds is 8. The number of methoxy groups -OCH3 is 1. The number of hydrogen-bond acceptors (Lipinski definition) is 5. The molecule has 2 rings (SSSR count). The molecular formula is C16H20FN3O2. The van der Waals surface area contributed by atoms with Crippen LogP contribution in [0.5, 0.6) is 5.88 Å². The van der Waals surface area contributed by atoms with Crippen molar-refractivity contribution < 1.29 is 13.9 Å². The third-order valence-electron chi connectivity index (χ3n) is 2.98. The highest BCUT2D eigenvalue weighted by atomic mass is 19.1. The van der Waals surface area contributed by atoms with Crippen LogP contribution in [0.3, 0.4) is 0 Å². The number of benzene rings is 1. The predicted molar refractivity (Wildman–Crippen MR) is 82.7 cm³/mol. The molecule has 0 saturated heterocycles. The number of halogens is 1. The molecule has 0 aliphatic heterocycles. The van der Waals surface area contributed by atoms with Crippen molar-refractivity contribution in [2.75, 3.05) is 32.2 Å². The smallest absolute Gasteiger partial charge is 0.218 e. The van der Waals surface area contributed by atoms with Crippen LogP contribution in [0, 0.1) is 12.7 Å². The van der Waals surface area contributed by atoms with Gasteiger partial charge in [0.25, 0.3) is 0 Å². The van der Waals surface area contributed by atoms with Crippen molar-refractivity contribution in [3.05, 3.63) is 47.5 Å². The van der Waals surface area contributed by atoms with Crippen molar-refractivity contribution in [3.8, 4) is 5.88 Å². The number of aryl methyl sites for hydroxylation is 1. The van der Waals surface area contributed by atoms with Gasteiger partial charge in [0.05, 0.1) is 6.61 Å². The lowest BCUT2D eigenvalue weighted by molar-refractivity contribution is 0.143. The van der Waals surface area contributed by atoms with E-state index >= 15 is 0 Å². The van der Waals surface area contributed by atoms with Gasteiger partial charge in [0, 0.05) is 19.7 Å². The van der Waals surface area contributed by atoms with Crippen molar-refractivity contribution in [1.29, 1.82) is 0 Å². The molecule has 1 N–H and O–H groups in total. The van der Waals surface area contributed by atoms with E-state index in [2.05, 4.69) is 15.3 Å². The summed E-state index contributed by atoms with van der Waals surface area (Å²) in [6.45, 7) is 3.46. The van der Waals surface area contributed by atoms with Crippen LogP contribution in [0.2, 0.25) is 0 Å². The van der Waals surface area contributed by atoms with Gasteiger partial charge in [-0.15, -0.1) is 0 Å². The SMILES string of the molecule is COCCOc1cc(NCCc2ccc(F)cc2)nc(C)n1. The van der Waals surface area contributed by atoms with E-state index in [0.717, 1.165) is 12.0 Å². The lowest BCUT2D eigenvalue weighted by Gasteiger charge is -2.09. The number of anilines is 1. The first-order chi connectivity index (χ1) is 10.7. The quantitative estimate of drug-likeness (QED) is 0.760. The Hall–Kier alpha value is -2.21. The minimum absolute atomic E-state index is 0.221. The normalized spacial score (nSPS) is 10.5. The van der Waals surface area contributed by atoms with Gasteiger partial charge in [-0.2, -0.15) is 4.98 Å². The summed E-state index contributed by atoms with van der Waals surface area (Å²) in [4.78, 5) is 8.52. The van der Waals surface area contributed by atoms with Crippen molar-refractivity contribution >= 4 is 5.82 Å². The molecule has 2 aromatic rings. The van der Waals surface area contributed by atoms with Crippen molar-refractivity contribution in [2.24, 2.45) is 0 Å². The fourth-order valence-electron chi connectivity index (χ4n) is 1.92. The lowest BCUT2D eigenvalue weighted by atomic mass is 10.1. The fraction of sp³-hybridized carbons (Fsp3) is 0.375. The molecule has 1 heterocycles. The van der Waals surface area contributed by atoms with Gasteiger partial charge in [-0.1, -0.05) is 12.1 Å². The Morgan fingerprint density at radius 3 is 2.64 bits per heavy atom. The van der Waals surface area contributed by atoms with E-state index in [0.29, 0.717) is 37.3 Å². The standard InChI is InChI=1S/C16H20FN3O2/c1-12-19-15(11-16(20-12)22-10-9-21-2)18-8-7-13-3-5-14(17)6-4-13/h3-6,11H,7-10H2,1-2H3,(H,18,19,20). The van der Waals surface area contributed by atoms with Crippen molar-refractivity contribution in [1.82, 2.24) is 9.97 Å². The highest BCUT2D eigenvalue weighted by Crippen LogP contribution is 2.13. The molecule has 0 bridgehead atoms. The van der Waals surface area contributed by atoms with Crippen molar-refractivity contribution in [2.45, 2.75) is 13.3 Å². The second-order valence-corrected chi connectivity index (χ2v) is 4.78. The zero-order chi connectivity index (χ0) is 15.8. The maximum absolute atomic E-state index is 12.8. The summed E-state index contributed by atoms with van der Waals surface area (Å²) in [6.07, 6.45) is 0.781. The van der Waals surface area contributed by atoms with Gasteiger partial charge < -0.3 is 14.8 Å². The summed E-state index contributed by atoms with van der Waals surface area (Å²) in [5, 5.41) is 3.22. The first kappa shape index (κ1) is 16.2. The summed E-state index contributed by atoms with van der Waals surface area (Å²) >= 11 is 0. The molecule has 5 nitrogen and oxygen atoms in total. The Kier molecular flexibility index (Phi) is 6.09. The Morgan fingerprint density at radius 1 is 1.14 bits per heavy atom. The summed E-state index contributed by atoms with van der Waals surface area (Å²) in [5.41, 5.74) is 1.07. The van der Waals surface area contributed by atoms with E-state index in [1.807, 2.05) is 6.92 Å². The summed E-state index contributed by atoms with van der Waals surface area (Å²) < 4.78 is 23.3. The van der Waals surface area contributed by atoms with E-state index < -0.39 is 0 Å². The van der Waals surface area contributed by atoms with Crippen LogP contribution in [0.4, 0.5) is 10.2 Å². The molecule has 0 amide bonds. The van der Waals surface area contributed by atoms with Gasteiger partial charge in [-0.3, -0.25) is 0 Å². The van der Waals surface area contributed by atoms with Crippen molar-refractivity contribution in [3.63, 3.8) is 0 Å². The van der Waals surface area contributed by atoms with E-state index in [1.54, 1.807) is 25.3 Å². The molecule has 0 aliphatic carbocycles. The zero-order valence-corrected chi connectivity index (χ0v) is 12.8. The molecule has 1 aromatic carbocycles. The second kappa shape index (κ2) is 8.29. The second-order valence-electron chi connectivity index (χ2n) is 4.78. The summed E-state index contributed by atoms with van der Waals surface area (Å²) in [7, 11) is 1.62. The average molecular weight is 305 g/mol. The predicted octanol–water partition coefficient (Wildman–Crippen LogP) is 2.60. The molecule has 0 aliphatic rings. The maximum atomic E-state index is 12.8. The van der Waals surface area contributed by atoms with Crippen LogP contribution >= 0.6 is 0 Å². The Balaban J connectivity index is 1.87. The average Bonchev–Trinajstić information content (AvgIpc) is 2.49. The lowest BCUT2D eigenvalue weighted by Crippen LogP contribution is -2.10. The third-order valence-corrected chi connectivity index (χ3v) is 2.98. The minimum Gasteiger partial charge on any atom is -0.475 e. The molecule has 0 spiro atoms. The van der Waals surface area contributed by atoms with E-state index in [4.69, 9.17) is 9.47 Å². The van der Waals surface area contributed by atoms with Crippen LogP contribution in [-0.4, -0.2) is 36.8 Å². The Bertz CT molecular complexity index is 590.